The molecule has 0 fully saturated rings. The molecule has 2 N–H and O–H groups in total. The second-order valence-electron chi connectivity index (χ2n) is 4.78. The fourth-order valence-corrected chi connectivity index (χ4v) is 1.95. The van der Waals surface area contributed by atoms with Crippen molar-refractivity contribution in [3.63, 3.8) is 0 Å². The molecule has 1 aromatic carbocycles. The number of aliphatic hydroxyl groups is 1. The predicted octanol–water partition coefficient (Wildman–Crippen LogP) is 1.90. The molecule has 4 heteroatoms. The number of rotatable bonds is 7. The first kappa shape index (κ1) is 13.8. The summed E-state index contributed by atoms with van der Waals surface area (Å²) in [5.41, 5.74) is 2.18. The van der Waals surface area contributed by atoms with Crippen molar-refractivity contribution in [1.29, 1.82) is 0 Å². The third kappa shape index (κ3) is 4.50. The van der Waals surface area contributed by atoms with Crippen molar-refractivity contribution < 1.29 is 5.11 Å². The number of hydrogen-bond donors (Lipinski definition) is 2. The number of hydrogen-bond acceptors (Lipinski definition) is 3. The zero-order chi connectivity index (χ0) is 13.5. The second kappa shape index (κ2) is 7.07. The van der Waals surface area contributed by atoms with Crippen LogP contribution < -0.4 is 5.32 Å². The van der Waals surface area contributed by atoms with Crippen LogP contribution in [0.5, 0.6) is 0 Å². The molecule has 102 valence electrons. The van der Waals surface area contributed by atoms with Gasteiger partial charge in [0.15, 0.2) is 0 Å². The summed E-state index contributed by atoms with van der Waals surface area (Å²) in [6.45, 7) is 4.48. The molecule has 1 atom stereocenters. The Labute approximate surface area is 114 Å². The third-order valence-electron chi connectivity index (χ3n) is 3.13. The first-order valence-corrected chi connectivity index (χ1v) is 6.67. The molecule has 19 heavy (non-hydrogen) atoms. The summed E-state index contributed by atoms with van der Waals surface area (Å²) < 4.78 is 2.05. The van der Waals surface area contributed by atoms with Gasteiger partial charge in [0.25, 0.3) is 0 Å². The van der Waals surface area contributed by atoms with Gasteiger partial charge in [-0.05, 0) is 25.5 Å². The standard InChI is InChI=1S/C15H21N3O/c1-13-3-5-14(6-4-13)15(19)11-16-7-2-9-18-10-8-17-12-18/h3-6,8,10,12,15-16,19H,2,7,9,11H2,1H3. The van der Waals surface area contributed by atoms with Crippen LogP contribution in [0.15, 0.2) is 43.0 Å². The first-order chi connectivity index (χ1) is 9.25. The highest BCUT2D eigenvalue weighted by molar-refractivity contribution is 5.23. The number of nitrogens with one attached hydrogen (secondary N) is 1. The van der Waals surface area contributed by atoms with Crippen molar-refractivity contribution >= 4 is 0 Å². The minimum absolute atomic E-state index is 0.436. The molecule has 0 amide bonds. The maximum Gasteiger partial charge on any atom is 0.0945 e. The van der Waals surface area contributed by atoms with E-state index in [1.165, 1.54) is 5.56 Å². The monoisotopic (exact) mass is 259 g/mol. The van der Waals surface area contributed by atoms with Crippen LogP contribution in [0.3, 0.4) is 0 Å². The lowest BCUT2D eigenvalue weighted by atomic mass is 10.1. The lowest BCUT2D eigenvalue weighted by Gasteiger charge is -2.12. The summed E-state index contributed by atoms with van der Waals surface area (Å²) >= 11 is 0. The minimum Gasteiger partial charge on any atom is -0.387 e. The normalized spacial score (nSPS) is 12.5. The molecule has 0 radical (unpaired) electrons. The van der Waals surface area contributed by atoms with E-state index >= 15 is 0 Å². The summed E-state index contributed by atoms with van der Waals surface area (Å²) in [7, 11) is 0. The average Bonchev–Trinajstić information content (AvgIpc) is 2.92. The Bertz CT molecular complexity index is 465. The number of aryl methyl sites for hydroxylation is 2. The summed E-state index contributed by atoms with van der Waals surface area (Å²) in [5, 5.41) is 13.3. The molecule has 0 aliphatic rings. The van der Waals surface area contributed by atoms with E-state index in [0.717, 1.165) is 25.1 Å². The summed E-state index contributed by atoms with van der Waals surface area (Å²) in [6.07, 6.45) is 6.15. The van der Waals surface area contributed by atoms with Crippen LogP contribution in [0, 0.1) is 6.92 Å². The van der Waals surface area contributed by atoms with Crippen LogP contribution in [-0.4, -0.2) is 27.7 Å². The molecular weight excluding hydrogens is 238 g/mol. The van der Waals surface area contributed by atoms with Crippen LogP contribution in [0.25, 0.3) is 0 Å². The van der Waals surface area contributed by atoms with Gasteiger partial charge in [0.1, 0.15) is 0 Å². The fourth-order valence-electron chi connectivity index (χ4n) is 1.95. The molecule has 0 saturated carbocycles. The Balaban J connectivity index is 1.63. The van der Waals surface area contributed by atoms with E-state index in [-0.39, 0.29) is 0 Å². The molecule has 1 unspecified atom stereocenters. The van der Waals surface area contributed by atoms with Crippen molar-refractivity contribution in [2.75, 3.05) is 13.1 Å². The smallest absolute Gasteiger partial charge is 0.0945 e. The van der Waals surface area contributed by atoms with Gasteiger partial charge in [-0.15, -0.1) is 0 Å². The van der Waals surface area contributed by atoms with E-state index in [1.54, 1.807) is 6.20 Å². The van der Waals surface area contributed by atoms with Gasteiger partial charge in [-0.3, -0.25) is 0 Å². The molecule has 0 saturated heterocycles. The second-order valence-corrected chi connectivity index (χ2v) is 4.78. The molecule has 1 aromatic heterocycles. The van der Waals surface area contributed by atoms with Crippen molar-refractivity contribution in [3.8, 4) is 0 Å². The number of aromatic nitrogens is 2. The molecule has 4 nitrogen and oxygen atoms in total. The molecule has 2 rings (SSSR count). The van der Waals surface area contributed by atoms with E-state index in [4.69, 9.17) is 0 Å². The Morgan fingerprint density at radius 3 is 2.79 bits per heavy atom. The van der Waals surface area contributed by atoms with Crippen molar-refractivity contribution in [3.05, 3.63) is 54.1 Å². The van der Waals surface area contributed by atoms with Crippen molar-refractivity contribution in [2.24, 2.45) is 0 Å². The first-order valence-electron chi connectivity index (χ1n) is 6.67. The van der Waals surface area contributed by atoms with Crippen LogP contribution in [0.4, 0.5) is 0 Å². The summed E-state index contributed by atoms with van der Waals surface area (Å²) in [4.78, 5) is 4.00. The molecule has 2 aromatic rings. The molecule has 1 heterocycles. The molecule has 0 aliphatic heterocycles. The molecular formula is C15H21N3O. The zero-order valence-electron chi connectivity index (χ0n) is 11.3. The highest BCUT2D eigenvalue weighted by Gasteiger charge is 2.05. The minimum atomic E-state index is -0.436. The largest absolute Gasteiger partial charge is 0.387 e. The van der Waals surface area contributed by atoms with Crippen molar-refractivity contribution in [2.45, 2.75) is 26.0 Å². The van der Waals surface area contributed by atoms with E-state index in [9.17, 15) is 5.11 Å². The van der Waals surface area contributed by atoms with Gasteiger partial charge in [0.05, 0.1) is 12.4 Å². The number of nitrogens with zero attached hydrogens (tertiary/aromatic N) is 2. The average molecular weight is 259 g/mol. The van der Waals surface area contributed by atoms with E-state index in [1.807, 2.05) is 43.7 Å². The third-order valence-corrected chi connectivity index (χ3v) is 3.13. The number of imidazole rings is 1. The maximum absolute atomic E-state index is 10.0. The van der Waals surface area contributed by atoms with Crippen LogP contribution in [0.1, 0.15) is 23.7 Å². The van der Waals surface area contributed by atoms with Gasteiger partial charge < -0.3 is 15.0 Å². The van der Waals surface area contributed by atoms with Gasteiger partial charge >= 0.3 is 0 Å². The predicted molar refractivity (Wildman–Crippen MR) is 75.9 cm³/mol. The van der Waals surface area contributed by atoms with Gasteiger partial charge in [-0.2, -0.15) is 0 Å². The number of benzene rings is 1. The Hall–Kier alpha value is -1.65. The summed E-state index contributed by atoms with van der Waals surface area (Å²) in [5.74, 6) is 0. The van der Waals surface area contributed by atoms with E-state index in [2.05, 4.69) is 14.9 Å². The van der Waals surface area contributed by atoms with Gasteiger partial charge in [-0.1, -0.05) is 29.8 Å². The number of aliphatic hydroxyl groups excluding tert-OH is 1. The van der Waals surface area contributed by atoms with E-state index in [0.29, 0.717) is 6.54 Å². The highest BCUT2D eigenvalue weighted by Crippen LogP contribution is 2.12. The van der Waals surface area contributed by atoms with Gasteiger partial charge in [0, 0.05) is 25.5 Å². The molecule has 0 aliphatic carbocycles. The van der Waals surface area contributed by atoms with Crippen molar-refractivity contribution in [1.82, 2.24) is 14.9 Å². The topological polar surface area (TPSA) is 50.1 Å². The molecule has 0 bridgehead atoms. The van der Waals surface area contributed by atoms with Gasteiger partial charge in [0.2, 0.25) is 0 Å². The highest BCUT2D eigenvalue weighted by atomic mass is 16.3. The maximum atomic E-state index is 10.0. The summed E-state index contributed by atoms with van der Waals surface area (Å²) in [6, 6.07) is 8.01. The van der Waals surface area contributed by atoms with Gasteiger partial charge in [-0.25, -0.2) is 4.98 Å². The van der Waals surface area contributed by atoms with Crippen LogP contribution >= 0.6 is 0 Å². The fraction of sp³-hybridized carbons (Fsp3) is 0.400. The Morgan fingerprint density at radius 2 is 2.11 bits per heavy atom. The quantitative estimate of drug-likeness (QED) is 0.747. The van der Waals surface area contributed by atoms with Crippen LogP contribution in [0.2, 0.25) is 0 Å². The lowest BCUT2D eigenvalue weighted by molar-refractivity contribution is 0.174. The van der Waals surface area contributed by atoms with E-state index < -0.39 is 6.10 Å². The molecule has 0 spiro atoms. The SMILES string of the molecule is Cc1ccc(C(O)CNCCCn2ccnc2)cc1. The Morgan fingerprint density at radius 1 is 1.32 bits per heavy atom. The van der Waals surface area contributed by atoms with Crippen LogP contribution in [-0.2, 0) is 6.54 Å². The Kier molecular flexibility index (Phi) is 5.12. The lowest BCUT2D eigenvalue weighted by Crippen LogP contribution is -2.23. The zero-order valence-corrected chi connectivity index (χ0v) is 11.3.